The Balaban J connectivity index is 1.23. The van der Waals surface area contributed by atoms with Crippen LogP contribution >= 0.6 is 0 Å². The number of carbonyl (C=O) groups is 1. The second-order valence-electron chi connectivity index (χ2n) is 7.92. The molecular weight excluding hydrogens is 376 g/mol. The first-order valence-corrected chi connectivity index (χ1v) is 10.1. The lowest BCUT2D eigenvalue weighted by molar-refractivity contribution is -0.115. The molecule has 2 aromatic heterocycles. The Morgan fingerprint density at radius 1 is 1.03 bits per heavy atom. The number of pyridine rings is 1. The molecule has 1 saturated carbocycles. The highest BCUT2D eigenvalue weighted by Gasteiger charge is 2.43. The van der Waals surface area contributed by atoms with Gasteiger partial charge in [0.05, 0.1) is 13.0 Å². The standard InChI is InChI=1S/C24H22N4O2/c29-15-24(10-11-24)20-5-7-21(8-6-20)27-23(30)13-17-1-3-18(4-2-17)19-9-12-28-22(14-19)25-16-26-28/h1-9,12,14,16,29H,10-11,13,15H2,(H,27,30). The van der Waals surface area contributed by atoms with Gasteiger partial charge >= 0.3 is 0 Å². The smallest absolute Gasteiger partial charge is 0.228 e. The molecule has 5 rings (SSSR count). The Labute approximate surface area is 174 Å². The van der Waals surface area contributed by atoms with Gasteiger partial charge in [0.2, 0.25) is 5.91 Å². The number of aromatic nitrogens is 3. The summed E-state index contributed by atoms with van der Waals surface area (Å²) in [5, 5.41) is 16.6. The van der Waals surface area contributed by atoms with Crippen molar-refractivity contribution in [3.63, 3.8) is 0 Å². The molecule has 0 unspecified atom stereocenters. The molecule has 1 aliphatic rings. The molecule has 150 valence electrons. The van der Waals surface area contributed by atoms with E-state index in [0.29, 0.717) is 6.42 Å². The molecule has 0 spiro atoms. The van der Waals surface area contributed by atoms with E-state index in [2.05, 4.69) is 15.4 Å². The van der Waals surface area contributed by atoms with Gasteiger partial charge in [-0.1, -0.05) is 36.4 Å². The minimum atomic E-state index is -0.0527. The quantitative estimate of drug-likeness (QED) is 0.520. The first kappa shape index (κ1) is 18.5. The van der Waals surface area contributed by atoms with Gasteiger partial charge in [-0.15, -0.1) is 0 Å². The molecule has 1 fully saturated rings. The Kier molecular flexibility index (Phi) is 4.56. The van der Waals surface area contributed by atoms with Gasteiger partial charge in [0.1, 0.15) is 6.33 Å². The minimum Gasteiger partial charge on any atom is -0.395 e. The first-order chi connectivity index (χ1) is 14.6. The van der Waals surface area contributed by atoms with Crippen LogP contribution in [0.4, 0.5) is 5.69 Å². The lowest BCUT2D eigenvalue weighted by atomic mass is 9.97. The maximum Gasteiger partial charge on any atom is 0.228 e. The zero-order chi connectivity index (χ0) is 20.6. The van der Waals surface area contributed by atoms with E-state index < -0.39 is 0 Å². The third kappa shape index (κ3) is 3.57. The van der Waals surface area contributed by atoms with Gasteiger partial charge in [0, 0.05) is 17.3 Å². The van der Waals surface area contributed by atoms with E-state index in [-0.39, 0.29) is 17.9 Å². The topological polar surface area (TPSA) is 79.5 Å². The third-order valence-corrected chi connectivity index (χ3v) is 5.87. The molecule has 2 N–H and O–H groups in total. The SMILES string of the molecule is O=C(Cc1ccc(-c2ccn3ncnc3c2)cc1)Nc1ccc(C2(CO)CC2)cc1. The molecule has 0 atom stereocenters. The van der Waals surface area contributed by atoms with Crippen molar-refractivity contribution in [2.24, 2.45) is 0 Å². The molecule has 6 nitrogen and oxygen atoms in total. The van der Waals surface area contributed by atoms with Gasteiger partial charge in [0.25, 0.3) is 0 Å². The molecule has 0 aliphatic heterocycles. The molecule has 2 heterocycles. The molecule has 1 aliphatic carbocycles. The Bertz CT molecular complexity index is 1190. The monoisotopic (exact) mass is 398 g/mol. The second-order valence-corrected chi connectivity index (χ2v) is 7.92. The summed E-state index contributed by atoms with van der Waals surface area (Å²) in [5.41, 5.74) is 5.74. The van der Waals surface area contributed by atoms with Gasteiger partial charge < -0.3 is 10.4 Å². The van der Waals surface area contributed by atoms with Crippen molar-refractivity contribution in [1.29, 1.82) is 0 Å². The fourth-order valence-corrected chi connectivity index (χ4v) is 3.80. The summed E-state index contributed by atoms with van der Waals surface area (Å²) >= 11 is 0. The maximum atomic E-state index is 12.4. The highest BCUT2D eigenvalue weighted by molar-refractivity contribution is 5.92. The van der Waals surface area contributed by atoms with E-state index in [9.17, 15) is 9.90 Å². The number of carbonyl (C=O) groups excluding carboxylic acids is 1. The normalized spacial score (nSPS) is 14.6. The predicted molar refractivity (Wildman–Crippen MR) is 115 cm³/mol. The van der Waals surface area contributed by atoms with Crippen LogP contribution in [-0.2, 0) is 16.6 Å². The van der Waals surface area contributed by atoms with Crippen LogP contribution in [0.5, 0.6) is 0 Å². The molecule has 1 amide bonds. The Hall–Kier alpha value is -3.51. The van der Waals surface area contributed by atoms with Gasteiger partial charge in [-0.2, -0.15) is 5.10 Å². The van der Waals surface area contributed by atoms with Crippen molar-refractivity contribution in [2.45, 2.75) is 24.7 Å². The van der Waals surface area contributed by atoms with E-state index in [1.807, 2.05) is 66.9 Å². The van der Waals surface area contributed by atoms with Crippen LogP contribution in [0.1, 0.15) is 24.0 Å². The maximum absolute atomic E-state index is 12.4. The Morgan fingerprint density at radius 2 is 1.80 bits per heavy atom. The molecule has 2 aromatic carbocycles. The van der Waals surface area contributed by atoms with Gasteiger partial charge in [-0.3, -0.25) is 4.79 Å². The first-order valence-electron chi connectivity index (χ1n) is 10.1. The molecule has 6 heteroatoms. The number of benzene rings is 2. The number of aliphatic hydroxyl groups excluding tert-OH is 1. The lowest BCUT2D eigenvalue weighted by Gasteiger charge is -2.13. The summed E-state index contributed by atoms with van der Waals surface area (Å²) in [6.45, 7) is 0.182. The minimum absolute atomic E-state index is 0.0522. The summed E-state index contributed by atoms with van der Waals surface area (Å²) < 4.78 is 1.73. The average Bonchev–Trinajstić information content (AvgIpc) is 3.43. The van der Waals surface area contributed by atoms with E-state index in [0.717, 1.165) is 46.4 Å². The fraction of sp³-hybridized carbons (Fsp3) is 0.208. The van der Waals surface area contributed by atoms with Crippen molar-refractivity contribution >= 4 is 17.2 Å². The van der Waals surface area contributed by atoms with Crippen LogP contribution in [0.2, 0.25) is 0 Å². The molecule has 4 aromatic rings. The van der Waals surface area contributed by atoms with Gasteiger partial charge in [0.15, 0.2) is 5.65 Å². The summed E-state index contributed by atoms with van der Waals surface area (Å²) in [5.74, 6) is -0.0522. The molecular formula is C24H22N4O2. The van der Waals surface area contributed by atoms with Crippen LogP contribution in [0.15, 0.2) is 73.2 Å². The van der Waals surface area contributed by atoms with E-state index >= 15 is 0 Å². The van der Waals surface area contributed by atoms with Crippen molar-refractivity contribution in [3.8, 4) is 11.1 Å². The lowest BCUT2D eigenvalue weighted by Crippen LogP contribution is -2.15. The van der Waals surface area contributed by atoms with Gasteiger partial charge in [-0.05, 0) is 59.4 Å². The molecule has 0 radical (unpaired) electrons. The average molecular weight is 398 g/mol. The van der Waals surface area contributed by atoms with Crippen LogP contribution < -0.4 is 5.32 Å². The van der Waals surface area contributed by atoms with E-state index in [1.54, 1.807) is 4.52 Å². The number of fused-ring (bicyclic) bond motifs is 1. The highest BCUT2D eigenvalue weighted by Crippen LogP contribution is 2.47. The number of nitrogens with zero attached hydrogens (tertiary/aromatic N) is 3. The number of hydrogen-bond donors (Lipinski definition) is 2. The number of aliphatic hydroxyl groups is 1. The van der Waals surface area contributed by atoms with Crippen LogP contribution in [-0.4, -0.2) is 32.2 Å². The Morgan fingerprint density at radius 3 is 2.50 bits per heavy atom. The second kappa shape index (κ2) is 7.39. The van der Waals surface area contributed by atoms with Crippen LogP contribution in [0.25, 0.3) is 16.8 Å². The fourth-order valence-electron chi connectivity index (χ4n) is 3.80. The summed E-state index contributed by atoms with van der Waals surface area (Å²) in [4.78, 5) is 16.7. The number of nitrogens with one attached hydrogen (secondary N) is 1. The van der Waals surface area contributed by atoms with Crippen molar-refractivity contribution < 1.29 is 9.90 Å². The molecule has 30 heavy (non-hydrogen) atoms. The van der Waals surface area contributed by atoms with E-state index in [4.69, 9.17) is 0 Å². The van der Waals surface area contributed by atoms with Crippen molar-refractivity contribution in [1.82, 2.24) is 14.6 Å². The number of amides is 1. The zero-order valence-electron chi connectivity index (χ0n) is 16.5. The summed E-state index contributed by atoms with van der Waals surface area (Å²) in [6, 6.07) is 19.8. The van der Waals surface area contributed by atoms with Crippen molar-refractivity contribution in [3.05, 3.63) is 84.3 Å². The predicted octanol–water partition coefficient (Wildman–Crippen LogP) is 3.60. The van der Waals surface area contributed by atoms with Crippen LogP contribution in [0, 0.1) is 0 Å². The van der Waals surface area contributed by atoms with Gasteiger partial charge in [-0.25, -0.2) is 9.50 Å². The molecule has 0 bridgehead atoms. The molecule has 0 saturated heterocycles. The van der Waals surface area contributed by atoms with E-state index in [1.165, 1.54) is 6.33 Å². The van der Waals surface area contributed by atoms with Crippen LogP contribution in [0.3, 0.4) is 0 Å². The summed E-state index contributed by atoms with van der Waals surface area (Å²) in [7, 11) is 0. The highest BCUT2D eigenvalue weighted by atomic mass is 16.3. The number of anilines is 1. The summed E-state index contributed by atoms with van der Waals surface area (Å²) in [6.07, 6.45) is 5.78. The third-order valence-electron chi connectivity index (χ3n) is 5.87. The zero-order valence-corrected chi connectivity index (χ0v) is 16.5. The largest absolute Gasteiger partial charge is 0.395 e. The number of rotatable bonds is 6. The number of hydrogen-bond acceptors (Lipinski definition) is 4. The van der Waals surface area contributed by atoms with Crippen molar-refractivity contribution in [2.75, 3.05) is 11.9 Å².